The van der Waals surface area contributed by atoms with Crippen LogP contribution >= 0.6 is 0 Å². The van der Waals surface area contributed by atoms with Gasteiger partial charge in [0.1, 0.15) is 25.3 Å². The number of cyclic esters (lactones) is 1. The predicted molar refractivity (Wildman–Crippen MR) is 151 cm³/mol. The van der Waals surface area contributed by atoms with Crippen LogP contribution in [-0.4, -0.2) is 48.6 Å². The van der Waals surface area contributed by atoms with Crippen LogP contribution in [0.4, 0.5) is 0 Å². The highest BCUT2D eigenvalue weighted by atomic mass is 28.3. The largest absolute Gasteiger partial charge is 0.458 e. The molecule has 0 amide bonds. The van der Waals surface area contributed by atoms with Gasteiger partial charge in [0.05, 0.1) is 13.1 Å². The van der Waals surface area contributed by atoms with Gasteiger partial charge < -0.3 is 25.4 Å². The normalized spacial score (nSPS) is 24.5. The first-order chi connectivity index (χ1) is 18.3. The molecule has 8 nitrogen and oxygen atoms in total. The average molecular weight is 550 g/mol. The summed E-state index contributed by atoms with van der Waals surface area (Å²) in [6.07, 6.45) is 2.47. The number of ketones is 1. The number of esters is 2. The summed E-state index contributed by atoms with van der Waals surface area (Å²) in [5.41, 5.74) is 7.77. The minimum absolute atomic E-state index is 0.145. The Balaban J connectivity index is 1.68. The van der Waals surface area contributed by atoms with E-state index in [2.05, 4.69) is 58.2 Å². The van der Waals surface area contributed by atoms with Gasteiger partial charge in [-0.3, -0.25) is 9.59 Å². The molecule has 3 aliphatic heterocycles. The highest BCUT2D eigenvalue weighted by molar-refractivity contribution is 6.82. The van der Waals surface area contributed by atoms with Crippen LogP contribution in [0.15, 0.2) is 52.6 Å². The Morgan fingerprint density at radius 3 is 2.62 bits per heavy atom. The van der Waals surface area contributed by atoms with Gasteiger partial charge in [0.15, 0.2) is 0 Å². The third kappa shape index (κ3) is 3.84. The lowest BCUT2D eigenvalue weighted by atomic mass is 9.77. The van der Waals surface area contributed by atoms with Crippen molar-refractivity contribution in [3.05, 3.63) is 63.8 Å². The van der Waals surface area contributed by atoms with Crippen molar-refractivity contribution >= 4 is 31.9 Å². The summed E-state index contributed by atoms with van der Waals surface area (Å²) in [7, 11) is -2.52. The lowest BCUT2D eigenvalue weighted by Gasteiger charge is -2.51. The number of carbonyl (C=O) groups is 3. The molecule has 2 unspecified atom stereocenters. The molecule has 4 aliphatic rings. The molecule has 1 aromatic carbocycles. The maximum absolute atomic E-state index is 14.7. The number of nitrogens with one attached hydrogen (secondary N) is 1. The molecular weight excluding hydrogens is 510 g/mol. The van der Waals surface area contributed by atoms with Gasteiger partial charge >= 0.3 is 11.9 Å². The second-order valence-electron chi connectivity index (χ2n) is 12.4. The number of nitrogens with zero attached hydrogens (tertiary/aromatic N) is 1. The number of hydrogen-bond acceptors (Lipinski definition) is 8. The number of allylic oxidation sites excluding steroid dienone is 2. The van der Waals surface area contributed by atoms with E-state index in [1.54, 1.807) is 6.92 Å². The SMILES string of the molecule is CCC1(OC(=O)CN)C(=O)OC([Si](C)(C)C(C)(C)C(C)C)C2=C1CC1=C(C2=O)N2Cc3ccccc3C=C2N1. The zero-order chi connectivity index (χ0) is 28.5. The Morgan fingerprint density at radius 2 is 1.97 bits per heavy atom. The minimum Gasteiger partial charge on any atom is -0.458 e. The molecule has 0 aromatic heterocycles. The van der Waals surface area contributed by atoms with Crippen molar-refractivity contribution in [1.29, 1.82) is 0 Å². The van der Waals surface area contributed by atoms with E-state index in [0.717, 1.165) is 22.6 Å². The van der Waals surface area contributed by atoms with Gasteiger partial charge in [-0.25, -0.2) is 4.79 Å². The molecular formula is C30H39N3O5Si. The van der Waals surface area contributed by atoms with E-state index in [1.165, 1.54) is 0 Å². The highest BCUT2D eigenvalue weighted by Crippen LogP contribution is 2.53. The molecule has 1 aliphatic carbocycles. The number of benzene rings is 1. The van der Waals surface area contributed by atoms with E-state index < -0.39 is 31.3 Å². The molecule has 2 atom stereocenters. The van der Waals surface area contributed by atoms with Crippen molar-refractivity contribution in [2.45, 2.75) is 83.5 Å². The van der Waals surface area contributed by atoms with Crippen molar-refractivity contribution < 1.29 is 23.9 Å². The van der Waals surface area contributed by atoms with Crippen LogP contribution in [0.1, 0.15) is 58.6 Å². The van der Waals surface area contributed by atoms with E-state index in [9.17, 15) is 14.4 Å². The Hall–Kier alpha value is -3.17. The summed E-state index contributed by atoms with van der Waals surface area (Å²) in [4.78, 5) is 43.1. The second kappa shape index (κ2) is 9.20. The fourth-order valence-corrected chi connectivity index (χ4v) is 9.88. The van der Waals surface area contributed by atoms with Gasteiger partial charge in [0, 0.05) is 23.3 Å². The summed E-state index contributed by atoms with van der Waals surface area (Å²) in [5, 5.41) is 3.28. The first-order valence-corrected chi connectivity index (χ1v) is 16.9. The van der Waals surface area contributed by atoms with Gasteiger partial charge in [-0.2, -0.15) is 0 Å². The van der Waals surface area contributed by atoms with Crippen molar-refractivity contribution in [3.8, 4) is 0 Å². The number of ether oxygens (including phenoxy) is 2. The zero-order valence-electron chi connectivity index (χ0n) is 23.9. The molecule has 0 fully saturated rings. The summed E-state index contributed by atoms with van der Waals surface area (Å²) < 4.78 is 12.1. The van der Waals surface area contributed by atoms with Gasteiger partial charge in [0.2, 0.25) is 11.4 Å². The molecule has 0 saturated heterocycles. The Morgan fingerprint density at radius 1 is 1.28 bits per heavy atom. The first kappa shape index (κ1) is 27.4. The number of Topliss-reactive ketones (excluding diaryl/α,β-unsaturated/α-hetero) is 1. The first-order valence-electron chi connectivity index (χ1n) is 13.8. The molecule has 0 saturated carbocycles. The Kier molecular flexibility index (Phi) is 6.46. The fraction of sp³-hybridized carbons (Fsp3) is 0.500. The van der Waals surface area contributed by atoms with E-state index in [4.69, 9.17) is 15.2 Å². The maximum atomic E-state index is 14.7. The summed E-state index contributed by atoms with van der Waals surface area (Å²) in [6.45, 7) is 15.1. The van der Waals surface area contributed by atoms with Crippen LogP contribution in [0, 0.1) is 5.92 Å². The molecule has 0 spiro atoms. The minimum atomic E-state index is -2.52. The molecule has 3 heterocycles. The molecule has 0 bridgehead atoms. The predicted octanol–water partition coefficient (Wildman–Crippen LogP) is 4.14. The number of hydrogen-bond donors (Lipinski definition) is 2. The monoisotopic (exact) mass is 549 g/mol. The van der Waals surface area contributed by atoms with Crippen molar-refractivity contribution in [2.24, 2.45) is 11.7 Å². The van der Waals surface area contributed by atoms with Crippen molar-refractivity contribution in [1.82, 2.24) is 10.2 Å². The molecule has 1 aromatic rings. The molecule has 5 rings (SSSR count). The second-order valence-corrected chi connectivity index (χ2v) is 17.7. The number of nitrogens with two attached hydrogens (primary N) is 1. The molecule has 9 heteroatoms. The standard InChI is InChI=1S/C30H39N3O5Si/c1-8-30(38-23(34)15-31)20-14-21-25(33-16-19-12-10-9-11-18(19)13-22(33)32-21)26(35)24(20)27(37-28(30)36)39(6,7)29(4,5)17(2)3/h9-13,17,27,32H,8,14-16,31H2,1-7H3. The summed E-state index contributed by atoms with van der Waals surface area (Å²) in [5.74, 6) is -0.365. The molecule has 0 radical (unpaired) electrons. The molecule has 39 heavy (non-hydrogen) atoms. The van der Waals surface area contributed by atoms with E-state index in [0.29, 0.717) is 29.3 Å². The summed E-state index contributed by atoms with van der Waals surface area (Å²) >= 11 is 0. The van der Waals surface area contributed by atoms with Crippen LogP contribution in [0.2, 0.25) is 18.1 Å². The van der Waals surface area contributed by atoms with Crippen LogP contribution < -0.4 is 11.1 Å². The number of fused-ring (bicyclic) bond motifs is 3. The molecule has 3 N–H and O–H groups in total. The molecule has 208 valence electrons. The van der Waals surface area contributed by atoms with E-state index in [-0.39, 0.29) is 30.2 Å². The lowest BCUT2D eigenvalue weighted by molar-refractivity contribution is -0.181. The van der Waals surface area contributed by atoms with E-state index in [1.807, 2.05) is 23.1 Å². The van der Waals surface area contributed by atoms with Gasteiger partial charge in [-0.1, -0.05) is 72.0 Å². The number of rotatable bonds is 6. The van der Waals surface area contributed by atoms with Gasteiger partial charge in [0.25, 0.3) is 0 Å². The van der Waals surface area contributed by atoms with Crippen LogP contribution in [0.25, 0.3) is 6.08 Å². The zero-order valence-corrected chi connectivity index (χ0v) is 24.9. The van der Waals surface area contributed by atoms with Crippen LogP contribution in [-0.2, 0) is 30.4 Å². The van der Waals surface area contributed by atoms with Crippen LogP contribution in [0.3, 0.4) is 0 Å². The quantitative estimate of drug-likeness (QED) is 0.402. The lowest BCUT2D eigenvalue weighted by Crippen LogP contribution is -2.63. The Bertz CT molecular complexity index is 1370. The summed E-state index contributed by atoms with van der Waals surface area (Å²) in [6, 6.07) is 8.13. The smallest absolute Gasteiger partial charge is 0.355 e. The average Bonchev–Trinajstić information content (AvgIpc) is 3.25. The van der Waals surface area contributed by atoms with Crippen molar-refractivity contribution in [3.63, 3.8) is 0 Å². The third-order valence-corrected chi connectivity index (χ3v) is 15.6. The van der Waals surface area contributed by atoms with Crippen molar-refractivity contribution in [2.75, 3.05) is 6.54 Å². The van der Waals surface area contributed by atoms with Gasteiger partial charge in [-0.05, 0) is 34.6 Å². The fourth-order valence-electron chi connectivity index (χ4n) is 6.28. The highest BCUT2D eigenvalue weighted by Gasteiger charge is 2.62. The topological polar surface area (TPSA) is 111 Å². The third-order valence-electron chi connectivity index (χ3n) is 9.96. The Labute approximate surface area is 231 Å². The van der Waals surface area contributed by atoms with Gasteiger partial charge in [-0.15, -0.1) is 0 Å². The maximum Gasteiger partial charge on any atom is 0.355 e. The number of carbonyl (C=O) groups excluding carboxylic acids is 3. The van der Waals surface area contributed by atoms with E-state index >= 15 is 0 Å². The van der Waals surface area contributed by atoms with Crippen LogP contribution in [0.5, 0.6) is 0 Å².